The van der Waals surface area contributed by atoms with Crippen molar-refractivity contribution in [1.82, 2.24) is 10.6 Å². The van der Waals surface area contributed by atoms with E-state index in [1.165, 1.54) is 0 Å². The van der Waals surface area contributed by atoms with Crippen LogP contribution in [0.5, 0.6) is 0 Å². The maximum atomic E-state index is 11.1. The van der Waals surface area contributed by atoms with Crippen LogP contribution >= 0.6 is 0 Å². The molecule has 0 aliphatic heterocycles. The van der Waals surface area contributed by atoms with Crippen LogP contribution in [0.2, 0.25) is 0 Å². The van der Waals surface area contributed by atoms with E-state index in [1.807, 2.05) is 13.0 Å². The van der Waals surface area contributed by atoms with Crippen LogP contribution in [0.15, 0.2) is 23.0 Å². The van der Waals surface area contributed by atoms with Gasteiger partial charge < -0.3 is 15.1 Å². The molecule has 1 aromatic rings. The Morgan fingerprint density at radius 3 is 2.86 bits per heavy atom. The van der Waals surface area contributed by atoms with Crippen molar-refractivity contribution in [3.05, 3.63) is 24.2 Å². The lowest BCUT2D eigenvalue weighted by Crippen LogP contribution is -2.36. The molecule has 1 heterocycles. The highest BCUT2D eigenvalue weighted by Gasteiger charge is 1.98. The molecular formula is C10H16N2O2. The third kappa shape index (κ3) is 3.98. The van der Waals surface area contributed by atoms with E-state index in [9.17, 15) is 4.79 Å². The van der Waals surface area contributed by atoms with Crippen LogP contribution in [0.4, 0.5) is 4.79 Å². The minimum Gasteiger partial charge on any atom is -0.472 e. The third-order valence-electron chi connectivity index (χ3n) is 1.81. The molecule has 2 N–H and O–H groups in total. The summed E-state index contributed by atoms with van der Waals surface area (Å²) in [7, 11) is 0. The van der Waals surface area contributed by atoms with E-state index in [1.54, 1.807) is 12.5 Å². The summed E-state index contributed by atoms with van der Waals surface area (Å²) in [6.45, 7) is 3.37. The van der Waals surface area contributed by atoms with Gasteiger partial charge in [-0.25, -0.2) is 4.79 Å². The number of hydrogen-bond donors (Lipinski definition) is 2. The lowest BCUT2D eigenvalue weighted by atomic mass is 10.2. The molecule has 0 unspecified atom stereocenters. The Morgan fingerprint density at radius 2 is 2.21 bits per heavy atom. The molecule has 0 fully saturated rings. The first-order valence-corrected chi connectivity index (χ1v) is 4.85. The number of furan rings is 1. The molecule has 0 saturated carbocycles. The number of amides is 2. The van der Waals surface area contributed by atoms with Crippen molar-refractivity contribution in [2.75, 3.05) is 13.1 Å². The van der Waals surface area contributed by atoms with Gasteiger partial charge in [0.05, 0.1) is 12.5 Å². The molecule has 0 aliphatic carbocycles. The first-order chi connectivity index (χ1) is 6.83. The second-order valence-electron chi connectivity index (χ2n) is 3.06. The number of rotatable bonds is 5. The van der Waals surface area contributed by atoms with E-state index in [4.69, 9.17) is 4.42 Å². The van der Waals surface area contributed by atoms with Gasteiger partial charge >= 0.3 is 6.03 Å². The van der Waals surface area contributed by atoms with E-state index in [2.05, 4.69) is 10.6 Å². The van der Waals surface area contributed by atoms with Gasteiger partial charge in [0.25, 0.3) is 0 Å². The molecular weight excluding hydrogens is 180 g/mol. The molecule has 0 radical (unpaired) electrons. The number of nitrogens with one attached hydrogen (secondary N) is 2. The average molecular weight is 196 g/mol. The smallest absolute Gasteiger partial charge is 0.314 e. The Bertz CT molecular complexity index is 257. The standard InChI is InChI=1S/C10H16N2O2/c1-2-5-11-10(13)12-6-3-9-4-7-14-8-9/h4,7-8H,2-3,5-6H2,1H3,(H2,11,12,13). The van der Waals surface area contributed by atoms with Gasteiger partial charge in [0.1, 0.15) is 0 Å². The van der Waals surface area contributed by atoms with Crippen LogP contribution in [0.25, 0.3) is 0 Å². The van der Waals surface area contributed by atoms with E-state index < -0.39 is 0 Å². The molecule has 4 heteroatoms. The lowest BCUT2D eigenvalue weighted by molar-refractivity contribution is 0.241. The lowest BCUT2D eigenvalue weighted by Gasteiger charge is -2.04. The monoisotopic (exact) mass is 196 g/mol. The van der Waals surface area contributed by atoms with Crippen molar-refractivity contribution in [1.29, 1.82) is 0 Å². The van der Waals surface area contributed by atoms with Gasteiger partial charge in [0.2, 0.25) is 0 Å². The second-order valence-corrected chi connectivity index (χ2v) is 3.06. The van der Waals surface area contributed by atoms with Crippen LogP contribution in [-0.2, 0) is 6.42 Å². The molecule has 1 rings (SSSR count). The SMILES string of the molecule is CCCNC(=O)NCCc1ccoc1. The second kappa shape index (κ2) is 6.07. The molecule has 78 valence electrons. The quantitative estimate of drug-likeness (QED) is 0.750. The molecule has 0 aromatic carbocycles. The zero-order chi connectivity index (χ0) is 10.2. The fraction of sp³-hybridized carbons (Fsp3) is 0.500. The molecule has 0 bridgehead atoms. The maximum absolute atomic E-state index is 11.1. The molecule has 0 atom stereocenters. The summed E-state index contributed by atoms with van der Waals surface area (Å²) in [6.07, 6.45) is 5.07. The minimum absolute atomic E-state index is 0.102. The fourth-order valence-electron chi connectivity index (χ4n) is 1.06. The molecule has 0 aliphatic rings. The predicted octanol–water partition coefficient (Wildman–Crippen LogP) is 1.53. The summed E-state index contributed by atoms with van der Waals surface area (Å²) in [6, 6.07) is 1.79. The summed E-state index contributed by atoms with van der Waals surface area (Å²) in [4.78, 5) is 11.1. The van der Waals surface area contributed by atoms with Crippen LogP contribution in [0.1, 0.15) is 18.9 Å². The molecule has 0 saturated heterocycles. The molecule has 2 amide bonds. The molecule has 4 nitrogen and oxygen atoms in total. The normalized spacial score (nSPS) is 9.79. The van der Waals surface area contributed by atoms with Crippen molar-refractivity contribution in [2.45, 2.75) is 19.8 Å². The zero-order valence-electron chi connectivity index (χ0n) is 8.38. The Kier molecular flexibility index (Phi) is 4.61. The molecule has 1 aromatic heterocycles. The van der Waals surface area contributed by atoms with Crippen LogP contribution < -0.4 is 10.6 Å². The van der Waals surface area contributed by atoms with Crippen molar-refractivity contribution in [2.24, 2.45) is 0 Å². The largest absolute Gasteiger partial charge is 0.472 e. The van der Waals surface area contributed by atoms with Gasteiger partial charge in [-0.2, -0.15) is 0 Å². The van der Waals surface area contributed by atoms with E-state index in [0.29, 0.717) is 6.54 Å². The van der Waals surface area contributed by atoms with Gasteiger partial charge in [-0.15, -0.1) is 0 Å². The van der Waals surface area contributed by atoms with Crippen molar-refractivity contribution in [3.8, 4) is 0 Å². The van der Waals surface area contributed by atoms with E-state index in [0.717, 1.165) is 24.9 Å². The Morgan fingerprint density at radius 1 is 1.43 bits per heavy atom. The number of urea groups is 1. The van der Waals surface area contributed by atoms with Crippen molar-refractivity contribution in [3.63, 3.8) is 0 Å². The van der Waals surface area contributed by atoms with Crippen LogP contribution in [0.3, 0.4) is 0 Å². The van der Waals surface area contributed by atoms with Gasteiger partial charge in [0, 0.05) is 13.1 Å². The maximum Gasteiger partial charge on any atom is 0.314 e. The van der Waals surface area contributed by atoms with E-state index >= 15 is 0 Å². The Balaban J connectivity index is 2.06. The van der Waals surface area contributed by atoms with Gasteiger partial charge in [-0.1, -0.05) is 6.92 Å². The predicted molar refractivity (Wildman–Crippen MR) is 54.1 cm³/mol. The summed E-state index contributed by atoms with van der Waals surface area (Å²) in [5, 5.41) is 5.50. The van der Waals surface area contributed by atoms with Gasteiger partial charge in [-0.05, 0) is 24.5 Å². The number of carbonyl (C=O) groups excluding carboxylic acids is 1. The first kappa shape index (κ1) is 10.6. The molecule has 14 heavy (non-hydrogen) atoms. The summed E-state index contributed by atoms with van der Waals surface area (Å²) >= 11 is 0. The highest BCUT2D eigenvalue weighted by Crippen LogP contribution is 1.99. The number of carbonyl (C=O) groups is 1. The van der Waals surface area contributed by atoms with Crippen molar-refractivity contribution >= 4 is 6.03 Å². The Hall–Kier alpha value is -1.45. The summed E-state index contributed by atoms with van der Waals surface area (Å²) in [5.74, 6) is 0. The van der Waals surface area contributed by atoms with Crippen molar-refractivity contribution < 1.29 is 9.21 Å². The van der Waals surface area contributed by atoms with E-state index in [-0.39, 0.29) is 6.03 Å². The average Bonchev–Trinajstić information content (AvgIpc) is 2.67. The van der Waals surface area contributed by atoms with Crippen LogP contribution in [-0.4, -0.2) is 19.1 Å². The zero-order valence-corrected chi connectivity index (χ0v) is 8.38. The Labute approximate surface area is 83.7 Å². The van der Waals surface area contributed by atoms with Crippen LogP contribution in [0, 0.1) is 0 Å². The first-order valence-electron chi connectivity index (χ1n) is 4.85. The highest BCUT2D eigenvalue weighted by molar-refractivity contribution is 5.73. The summed E-state index contributed by atoms with van der Waals surface area (Å²) < 4.78 is 4.91. The fourth-order valence-corrected chi connectivity index (χ4v) is 1.06. The third-order valence-corrected chi connectivity index (χ3v) is 1.81. The van der Waals surface area contributed by atoms with Gasteiger partial charge in [0.15, 0.2) is 0 Å². The minimum atomic E-state index is -0.102. The van der Waals surface area contributed by atoms with Gasteiger partial charge in [-0.3, -0.25) is 0 Å². The number of hydrogen-bond acceptors (Lipinski definition) is 2. The summed E-state index contributed by atoms with van der Waals surface area (Å²) in [5.41, 5.74) is 1.10. The topological polar surface area (TPSA) is 54.3 Å². The molecule has 0 spiro atoms. The highest BCUT2D eigenvalue weighted by atomic mass is 16.3.